The van der Waals surface area contributed by atoms with Crippen LogP contribution in [0.4, 0.5) is 4.39 Å². The molecule has 0 amide bonds. The van der Waals surface area contributed by atoms with E-state index < -0.39 is 0 Å². The van der Waals surface area contributed by atoms with Crippen molar-refractivity contribution in [3.8, 4) is 0 Å². The third-order valence-corrected chi connectivity index (χ3v) is 4.25. The first kappa shape index (κ1) is 15.5. The topological polar surface area (TPSA) is 21.3 Å². The largest absolute Gasteiger partial charge is 0.376 e. The summed E-state index contributed by atoms with van der Waals surface area (Å²) in [4.78, 5) is 0. The van der Waals surface area contributed by atoms with Crippen molar-refractivity contribution in [2.75, 3.05) is 13.2 Å². The van der Waals surface area contributed by atoms with Crippen molar-refractivity contribution >= 4 is 0 Å². The minimum Gasteiger partial charge on any atom is -0.376 e. The second kappa shape index (κ2) is 7.19. The number of nitrogens with one attached hydrogen (secondary N) is 1. The van der Waals surface area contributed by atoms with Crippen molar-refractivity contribution in [1.29, 1.82) is 0 Å². The van der Waals surface area contributed by atoms with E-state index in [4.69, 9.17) is 4.74 Å². The summed E-state index contributed by atoms with van der Waals surface area (Å²) in [6.45, 7) is 8.28. The zero-order valence-corrected chi connectivity index (χ0v) is 12.8. The molecule has 2 nitrogen and oxygen atoms in total. The van der Waals surface area contributed by atoms with Gasteiger partial charge in [-0.25, -0.2) is 4.39 Å². The van der Waals surface area contributed by atoms with Crippen molar-refractivity contribution in [3.05, 3.63) is 35.1 Å². The van der Waals surface area contributed by atoms with Crippen LogP contribution in [0.15, 0.2) is 18.2 Å². The first-order chi connectivity index (χ1) is 9.61. The molecule has 1 aliphatic rings. The Balaban J connectivity index is 2.12. The van der Waals surface area contributed by atoms with E-state index in [2.05, 4.69) is 19.2 Å². The Morgan fingerprint density at radius 2 is 2.25 bits per heavy atom. The van der Waals surface area contributed by atoms with Crippen molar-refractivity contribution in [1.82, 2.24) is 5.32 Å². The predicted molar refractivity (Wildman–Crippen MR) is 80.4 cm³/mol. The van der Waals surface area contributed by atoms with Crippen LogP contribution in [0.2, 0.25) is 0 Å². The SMILES string of the molecule is CCCNC(Cc1cc(F)ccc1C)C1OCCC1C. The normalized spacial score (nSPS) is 24.0. The monoisotopic (exact) mass is 279 g/mol. The third kappa shape index (κ3) is 3.80. The average molecular weight is 279 g/mol. The van der Waals surface area contributed by atoms with Gasteiger partial charge in [0.1, 0.15) is 5.82 Å². The van der Waals surface area contributed by atoms with E-state index in [0.29, 0.717) is 5.92 Å². The molecule has 1 aromatic rings. The molecule has 1 N–H and O–H groups in total. The van der Waals surface area contributed by atoms with Crippen molar-refractivity contribution in [3.63, 3.8) is 0 Å². The van der Waals surface area contributed by atoms with Crippen LogP contribution in [-0.4, -0.2) is 25.3 Å². The molecule has 1 aliphatic heterocycles. The second-order valence-corrected chi connectivity index (χ2v) is 5.94. The van der Waals surface area contributed by atoms with Crippen LogP contribution >= 0.6 is 0 Å². The highest BCUT2D eigenvalue weighted by molar-refractivity contribution is 5.27. The van der Waals surface area contributed by atoms with Gasteiger partial charge in [0, 0.05) is 12.6 Å². The fourth-order valence-electron chi connectivity index (χ4n) is 2.96. The molecule has 20 heavy (non-hydrogen) atoms. The van der Waals surface area contributed by atoms with Crippen LogP contribution in [0.1, 0.15) is 37.8 Å². The van der Waals surface area contributed by atoms with Gasteiger partial charge in [0.2, 0.25) is 0 Å². The van der Waals surface area contributed by atoms with E-state index in [0.717, 1.165) is 43.5 Å². The number of hydrogen-bond acceptors (Lipinski definition) is 2. The number of ether oxygens (including phenoxy) is 1. The van der Waals surface area contributed by atoms with Crippen LogP contribution in [0, 0.1) is 18.7 Å². The Bertz CT molecular complexity index is 435. The lowest BCUT2D eigenvalue weighted by Crippen LogP contribution is -2.44. The fourth-order valence-corrected chi connectivity index (χ4v) is 2.96. The molecule has 1 fully saturated rings. The Morgan fingerprint density at radius 3 is 2.90 bits per heavy atom. The molecular weight excluding hydrogens is 253 g/mol. The van der Waals surface area contributed by atoms with E-state index in [1.54, 1.807) is 6.07 Å². The van der Waals surface area contributed by atoms with Gasteiger partial charge in [-0.05, 0) is 61.9 Å². The van der Waals surface area contributed by atoms with Crippen molar-refractivity contribution in [2.45, 2.75) is 52.2 Å². The van der Waals surface area contributed by atoms with Gasteiger partial charge < -0.3 is 10.1 Å². The molecule has 1 aromatic carbocycles. The lowest BCUT2D eigenvalue weighted by molar-refractivity contribution is 0.0609. The first-order valence-corrected chi connectivity index (χ1v) is 7.71. The summed E-state index contributed by atoms with van der Waals surface area (Å²) in [5.41, 5.74) is 2.24. The highest BCUT2D eigenvalue weighted by Gasteiger charge is 2.31. The second-order valence-electron chi connectivity index (χ2n) is 5.94. The molecule has 0 saturated carbocycles. The molecule has 3 atom stereocenters. The van der Waals surface area contributed by atoms with E-state index in [-0.39, 0.29) is 18.0 Å². The molecule has 0 aromatic heterocycles. The third-order valence-electron chi connectivity index (χ3n) is 4.25. The summed E-state index contributed by atoms with van der Waals surface area (Å²) < 4.78 is 19.4. The van der Waals surface area contributed by atoms with Crippen LogP contribution < -0.4 is 5.32 Å². The molecule has 0 aliphatic carbocycles. The van der Waals surface area contributed by atoms with Gasteiger partial charge in [-0.2, -0.15) is 0 Å². The highest BCUT2D eigenvalue weighted by atomic mass is 19.1. The minimum absolute atomic E-state index is 0.153. The van der Waals surface area contributed by atoms with Crippen molar-refractivity contribution in [2.24, 2.45) is 5.92 Å². The smallest absolute Gasteiger partial charge is 0.123 e. The zero-order valence-electron chi connectivity index (χ0n) is 12.8. The zero-order chi connectivity index (χ0) is 14.5. The lowest BCUT2D eigenvalue weighted by Gasteiger charge is -2.28. The maximum Gasteiger partial charge on any atom is 0.123 e. The van der Waals surface area contributed by atoms with Crippen LogP contribution in [0.5, 0.6) is 0 Å². The number of halogens is 1. The van der Waals surface area contributed by atoms with Crippen LogP contribution in [0.25, 0.3) is 0 Å². The molecule has 3 heteroatoms. The summed E-state index contributed by atoms with van der Waals surface area (Å²) in [6.07, 6.45) is 3.29. The van der Waals surface area contributed by atoms with Gasteiger partial charge in [0.05, 0.1) is 6.10 Å². The van der Waals surface area contributed by atoms with Gasteiger partial charge in [0.15, 0.2) is 0 Å². The van der Waals surface area contributed by atoms with Gasteiger partial charge in [-0.1, -0.05) is 19.9 Å². The summed E-state index contributed by atoms with van der Waals surface area (Å²) in [6, 6.07) is 5.32. The molecule has 0 radical (unpaired) electrons. The average Bonchev–Trinajstić information content (AvgIpc) is 2.84. The molecule has 1 heterocycles. The maximum absolute atomic E-state index is 13.5. The molecule has 1 saturated heterocycles. The van der Waals surface area contributed by atoms with Gasteiger partial charge in [0.25, 0.3) is 0 Å². The summed E-state index contributed by atoms with van der Waals surface area (Å²) in [5.74, 6) is 0.415. The van der Waals surface area contributed by atoms with E-state index in [1.165, 1.54) is 6.07 Å². The Morgan fingerprint density at radius 1 is 1.45 bits per heavy atom. The number of aryl methyl sites for hydroxylation is 1. The summed E-state index contributed by atoms with van der Waals surface area (Å²) in [7, 11) is 0. The predicted octanol–water partition coefficient (Wildman–Crippen LogP) is 3.47. The molecule has 0 spiro atoms. The van der Waals surface area contributed by atoms with E-state index in [9.17, 15) is 4.39 Å². The number of hydrogen-bond donors (Lipinski definition) is 1. The highest BCUT2D eigenvalue weighted by Crippen LogP contribution is 2.25. The molecule has 3 unspecified atom stereocenters. The van der Waals surface area contributed by atoms with Gasteiger partial charge in [-0.3, -0.25) is 0 Å². The fraction of sp³-hybridized carbons (Fsp3) is 0.647. The Kier molecular flexibility index (Phi) is 5.55. The lowest BCUT2D eigenvalue weighted by atomic mass is 9.91. The minimum atomic E-state index is -0.153. The summed E-state index contributed by atoms with van der Waals surface area (Å²) >= 11 is 0. The standard InChI is InChI=1S/C17H26FNO/c1-4-8-19-16(17-13(3)7-9-20-17)11-14-10-15(18)6-5-12(14)2/h5-6,10,13,16-17,19H,4,7-9,11H2,1-3H3. The summed E-state index contributed by atoms with van der Waals surface area (Å²) in [5, 5.41) is 3.59. The van der Waals surface area contributed by atoms with Crippen molar-refractivity contribution < 1.29 is 9.13 Å². The van der Waals surface area contributed by atoms with Crippen LogP contribution in [-0.2, 0) is 11.2 Å². The molecule has 0 bridgehead atoms. The maximum atomic E-state index is 13.5. The number of rotatable bonds is 6. The van der Waals surface area contributed by atoms with Crippen LogP contribution in [0.3, 0.4) is 0 Å². The van der Waals surface area contributed by atoms with E-state index >= 15 is 0 Å². The number of benzene rings is 1. The Hall–Kier alpha value is -0.930. The van der Waals surface area contributed by atoms with Gasteiger partial charge in [-0.15, -0.1) is 0 Å². The quantitative estimate of drug-likeness (QED) is 0.861. The molecule has 112 valence electrons. The first-order valence-electron chi connectivity index (χ1n) is 7.71. The molecule has 2 rings (SSSR count). The van der Waals surface area contributed by atoms with Gasteiger partial charge >= 0.3 is 0 Å². The van der Waals surface area contributed by atoms with E-state index in [1.807, 2.05) is 13.0 Å². The Labute approximate surface area is 121 Å². The molecular formula is C17H26FNO.